The molecule has 1 rings (SSSR count). The van der Waals surface area contributed by atoms with E-state index in [-0.39, 0.29) is 0 Å². The lowest BCUT2D eigenvalue weighted by Crippen LogP contribution is -2.29. The lowest BCUT2D eigenvalue weighted by molar-refractivity contribution is 0.325. The Hall–Kier alpha value is -0.800. The molecular formula is C12H22N2O. The molecule has 0 aliphatic heterocycles. The van der Waals surface area contributed by atoms with Crippen LogP contribution in [0, 0.1) is 0 Å². The average molecular weight is 210 g/mol. The minimum absolute atomic E-state index is 0.901. The SMILES string of the molecule is CCCCN(C)CCNCc1ccoc1. The Morgan fingerprint density at radius 1 is 1.40 bits per heavy atom. The van der Waals surface area contributed by atoms with Crippen molar-refractivity contribution in [3.63, 3.8) is 0 Å². The average Bonchev–Trinajstić information content (AvgIpc) is 2.74. The summed E-state index contributed by atoms with van der Waals surface area (Å²) in [5.74, 6) is 0. The normalized spacial score (nSPS) is 11.1. The van der Waals surface area contributed by atoms with E-state index >= 15 is 0 Å². The van der Waals surface area contributed by atoms with Crippen LogP contribution in [-0.4, -0.2) is 31.6 Å². The van der Waals surface area contributed by atoms with Crippen LogP contribution in [0.3, 0.4) is 0 Å². The first kappa shape index (κ1) is 12.3. The lowest BCUT2D eigenvalue weighted by atomic mass is 10.3. The Kier molecular flexibility index (Phi) is 6.12. The van der Waals surface area contributed by atoms with E-state index in [4.69, 9.17) is 4.42 Å². The van der Waals surface area contributed by atoms with Crippen molar-refractivity contribution in [3.8, 4) is 0 Å². The summed E-state index contributed by atoms with van der Waals surface area (Å²) < 4.78 is 5.00. The maximum Gasteiger partial charge on any atom is 0.0947 e. The minimum Gasteiger partial charge on any atom is -0.472 e. The molecule has 0 aliphatic rings. The third kappa shape index (κ3) is 5.60. The summed E-state index contributed by atoms with van der Waals surface area (Å²) in [4.78, 5) is 2.37. The smallest absolute Gasteiger partial charge is 0.0947 e. The second-order valence-corrected chi connectivity index (χ2v) is 3.97. The Labute approximate surface area is 92.5 Å². The summed E-state index contributed by atoms with van der Waals surface area (Å²) in [6.45, 7) is 6.47. The third-order valence-corrected chi connectivity index (χ3v) is 2.47. The van der Waals surface area contributed by atoms with Crippen LogP contribution in [0.15, 0.2) is 23.0 Å². The van der Waals surface area contributed by atoms with Gasteiger partial charge in [0.25, 0.3) is 0 Å². The number of hydrogen-bond acceptors (Lipinski definition) is 3. The first-order chi connectivity index (χ1) is 7.33. The van der Waals surface area contributed by atoms with Crippen LogP contribution in [0.2, 0.25) is 0 Å². The predicted molar refractivity (Wildman–Crippen MR) is 62.8 cm³/mol. The van der Waals surface area contributed by atoms with Gasteiger partial charge in [0.2, 0.25) is 0 Å². The molecular weight excluding hydrogens is 188 g/mol. The number of furan rings is 1. The molecule has 1 aromatic rings. The van der Waals surface area contributed by atoms with Crippen LogP contribution in [0.5, 0.6) is 0 Å². The zero-order valence-electron chi connectivity index (χ0n) is 9.83. The van der Waals surface area contributed by atoms with Gasteiger partial charge in [-0.05, 0) is 26.1 Å². The van der Waals surface area contributed by atoms with Crippen LogP contribution in [0.25, 0.3) is 0 Å². The highest BCUT2D eigenvalue weighted by atomic mass is 16.3. The Bertz CT molecular complexity index is 234. The molecule has 0 fully saturated rings. The quantitative estimate of drug-likeness (QED) is 0.666. The van der Waals surface area contributed by atoms with Gasteiger partial charge in [0, 0.05) is 25.2 Å². The van der Waals surface area contributed by atoms with Crippen molar-refractivity contribution in [2.24, 2.45) is 0 Å². The maximum absolute atomic E-state index is 5.00. The van der Waals surface area contributed by atoms with Gasteiger partial charge in [0.1, 0.15) is 0 Å². The summed E-state index contributed by atoms with van der Waals surface area (Å²) in [6.07, 6.45) is 6.06. The largest absolute Gasteiger partial charge is 0.472 e. The van der Waals surface area contributed by atoms with E-state index in [1.165, 1.54) is 24.9 Å². The zero-order valence-corrected chi connectivity index (χ0v) is 9.83. The molecule has 0 amide bonds. The highest BCUT2D eigenvalue weighted by Gasteiger charge is 1.97. The van der Waals surface area contributed by atoms with Crippen molar-refractivity contribution in [3.05, 3.63) is 24.2 Å². The summed E-state index contributed by atoms with van der Waals surface area (Å²) in [7, 11) is 2.18. The van der Waals surface area contributed by atoms with Crippen LogP contribution in [-0.2, 0) is 6.54 Å². The predicted octanol–water partition coefficient (Wildman–Crippen LogP) is 2.10. The molecule has 0 aromatic carbocycles. The number of hydrogen-bond donors (Lipinski definition) is 1. The topological polar surface area (TPSA) is 28.4 Å². The summed E-state index contributed by atoms with van der Waals surface area (Å²) in [5, 5.41) is 3.39. The number of nitrogens with one attached hydrogen (secondary N) is 1. The van der Waals surface area contributed by atoms with Gasteiger partial charge in [-0.3, -0.25) is 0 Å². The zero-order chi connectivity index (χ0) is 10.9. The molecule has 3 heteroatoms. The van der Waals surface area contributed by atoms with E-state index in [9.17, 15) is 0 Å². The first-order valence-electron chi connectivity index (χ1n) is 5.73. The van der Waals surface area contributed by atoms with Gasteiger partial charge < -0.3 is 14.6 Å². The van der Waals surface area contributed by atoms with Crippen LogP contribution < -0.4 is 5.32 Å². The van der Waals surface area contributed by atoms with E-state index in [0.29, 0.717) is 0 Å². The molecule has 0 radical (unpaired) electrons. The minimum atomic E-state index is 0.901. The van der Waals surface area contributed by atoms with Gasteiger partial charge in [0.05, 0.1) is 12.5 Å². The third-order valence-electron chi connectivity index (χ3n) is 2.47. The fourth-order valence-corrected chi connectivity index (χ4v) is 1.44. The van der Waals surface area contributed by atoms with Gasteiger partial charge in [-0.1, -0.05) is 13.3 Å². The molecule has 15 heavy (non-hydrogen) atoms. The standard InChI is InChI=1S/C12H22N2O/c1-3-4-7-14(2)8-6-13-10-12-5-9-15-11-12/h5,9,11,13H,3-4,6-8,10H2,1-2H3. The molecule has 0 aliphatic carbocycles. The van der Waals surface area contributed by atoms with E-state index in [1.54, 1.807) is 12.5 Å². The molecule has 86 valence electrons. The lowest BCUT2D eigenvalue weighted by Gasteiger charge is -2.15. The second-order valence-electron chi connectivity index (χ2n) is 3.97. The Morgan fingerprint density at radius 3 is 2.93 bits per heavy atom. The molecule has 3 nitrogen and oxygen atoms in total. The van der Waals surface area contributed by atoms with E-state index in [1.807, 2.05) is 6.07 Å². The van der Waals surface area contributed by atoms with Gasteiger partial charge in [0.15, 0.2) is 0 Å². The van der Waals surface area contributed by atoms with Crippen LogP contribution in [0.1, 0.15) is 25.3 Å². The van der Waals surface area contributed by atoms with Gasteiger partial charge in [-0.2, -0.15) is 0 Å². The van der Waals surface area contributed by atoms with Crippen molar-refractivity contribution in [1.82, 2.24) is 10.2 Å². The number of rotatable bonds is 8. The van der Waals surface area contributed by atoms with Crippen molar-refractivity contribution in [2.45, 2.75) is 26.3 Å². The van der Waals surface area contributed by atoms with E-state index < -0.39 is 0 Å². The van der Waals surface area contributed by atoms with Crippen molar-refractivity contribution in [1.29, 1.82) is 0 Å². The van der Waals surface area contributed by atoms with Crippen molar-refractivity contribution in [2.75, 3.05) is 26.7 Å². The second kappa shape index (κ2) is 7.49. The number of unbranched alkanes of at least 4 members (excludes halogenated alkanes) is 1. The fraction of sp³-hybridized carbons (Fsp3) is 0.667. The highest BCUT2D eigenvalue weighted by molar-refractivity contribution is 5.04. The van der Waals surface area contributed by atoms with Gasteiger partial charge in [-0.15, -0.1) is 0 Å². The molecule has 0 unspecified atom stereocenters. The van der Waals surface area contributed by atoms with Crippen LogP contribution >= 0.6 is 0 Å². The molecule has 1 heterocycles. The maximum atomic E-state index is 5.00. The molecule has 1 aromatic heterocycles. The molecule has 0 bridgehead atoms. The first-order valence-corrected chi connectivity index (χ1v) is 5.73. The van der Waals surface area contributed by atoms with Crippen LogP contribution in [0.4, 0.5) is 0 Å². The van der Waals surface area contributed by atoms with E-state index in [0.717, 1.165) is 19.6 Å². The molecule has 0 atom stereocenters. The molecule has 0 saturated carbocycles. The van der Waals surface area contributed by atoms with Crippen molar-refractivity contribution >= 4 is 0 Å². The molecule has 0 spiro atoms. The highest BCUT2D eigenvalue weighted by Crippen LogP contribution is 1.98. The van der Waals surface area contributed by atoms with Gasteiger partial charge >= 0.3 is 0 Å². The Balaban J connectivity index is 1.97. The summed E-state index contributed by atoms with van der Waals surface area (Å²) in [6, 6.07) is 1.99. The monoisotopic (exact) mass is 210 g/mol. The van der Waals surface area contributed by atoms with Crippen molar-refractivity contribution < 1.29 is 4.42 Å². The molecule has 1 N–H and O–H groups in total. The number of nitrogens with zero attached hydrogens (tertiary/aromatic N) is 1. The van der Waals surface area contributed by atoms with E-state index in [2.05, 4.69) is 24.2 Å². The summed E-state index contributed by atoms with van der Waals surface area (Å²) in [5.41, 5.74) is 1.21. The summed E-state index contributed by atoms with van der Waals surface area (Å²) >= 11 is 0. The Morgan fingerprint density at radius 2 is 2.27 bits per heavy atom. The fourth-order valence-electron chi connectivity index (χ4n) is 1.44. The van der Waals surface area contributed by atoms with Gasteiger partial charge in [-0.25, -0.2) is 0 Å². The number of likely N-dealkylation sites (N-methyl/N-ethyl adjacent to an activating group) is 1. The molecule has 0 saturated heterocycles.